The van der Waals surface area contributed by atoms with E-state index in [1.165, 1.54) is 18.4 Å². The van der Waals surface area contributed by atoms with Crippen LogP contribution < -0.4 is 10.5 Å². The van der Waals surface area contributed by atoms with Gasteiger partial charge in [-0.05, 0) is 37.0 Å². The van der Waals surface area contributed by atoms with Gasteiger partial charge in [-0.25, -0.2) is 0 Å². The summed E-state index contributed by atoms with van der Waals surface area (Å²) in [4.78, 5) is 0. The second kappa shape index (κ2) is 6.03. The highest BCUT2D eigenvalue weighted by molar-refractivity contribution is 5.31. The zero-order chi connectivity index (χ0) is 12.1. The molecule has 1 aromatic carbocycles. The van der Waals surface area contributed by atoms with Crippen LogP contribution in [0.5, 0.6) is 5.75 Å². The van der Waals surface area contributed by atoms with Crippen LogP contribution >= 0.6 is 0 Å². The van der Waals surface area contributed by atoms with Crippen molar-refractivity contribution in [3.8, 4) is 5.75 Å². The van der Waals surface area contributed by atoms with E-state index in [1.807, 2.05) is 12.1 Å². The van der Waals surface area contributed by atoms with Gasteiger partial charge in [-0.3, -0.25) is 0 Å². The second-order valence-electron chi connectivity index (χ2n) is 4.52. The molecule has 2 unspecified atom stereocenters. The van der Waals surface area contributed by atoms with Crippen molar-refractivity contribution in [2.75, 3.05) is 20.3 Å². The molecule has 1 heterocycles. The van der Waals surface area contributed by atoms with Crippen molar-refractivity contribution in [2.24, 2.45) is 5.73 Å². The minimum absolute atomic E-state index is 0.265. The number of benzene rings is 1. The molecule has 94 valence electrons. The van der Waals surface area contributed by atoms with Crippen molar-refractivity contribution >= 4 is 0 Å². The van der Waals surface area contributed by atoms with Crippen LogP contribution in [0, 0.1) is 0 Å². The summed E-state index contributed by atoms with van der Waals surface area (Å²) in [6.07, 6.45) is 3.79. The van der Waals surface area contributed by atoms with E-state index in [0.717, 1.165) is 18.8 Å². The Kier molecular flexibility index (Phi) is 4.40. The molecule has 0 saturated carbocycles. The fourth-order valence-electron chi connectivity index (χ4n) is 2.46. The molecule has 3 nitrogen and oxygen atoms in total. The summed E-state index contributed by atoms with van der Waals surface area (Å²) >= 11 is 0. The molecule has 0 aromatic heterocycles. The predicted molar refractivity (Wildman–Crippen MR) is 68.4 cm³/mol. The molecule has 3 heteroatoms. The van der Waals surface area contributed by atoms with Crippen LogP contribution in [0.1, 0.15) is 30.7 Å². The lowest BCUT2D eigenvalue weighted by Crippen LogP contribution is -2.31. The van der Waals surface area contributed by atoms with Crippen molar-refractivity contribution in [1.82, 2.24) is 0 Å². The number of nitrogens with two attached hydrogens (primary N) is 1. The molecular formula is C14H21NO2. The first-order chi connectivity index (χ1) is 8.35. The monoisotopic (exact) mass is 235 g/mol. The van der Waals surface area contributed by atoms with Gasteiger partial charge >= 0.3 is 0 Å². The zero-order valence-electron chi connectivity index (χ0n) is 10.4. The first-order valence-electron chi connectivity index (χ1n) is 6.30. The Balaban J connectivity index is 2.15. The average molecular weight is 235 g/mol. The minimum atomic E-state index is 0.265. The number of methoxy groups -OCH3 is 1. The van der Waals surface area contributed by atoms with Gasteiger partial charge in [-0.2, -0.15) is 0 Å². The fourth-order valence-corrected chi connectivity index (χ4v) is 2.46. The maximum Gasteiger partial charge on any atom is 0.119 e. The van der Waals surface area contributed by atoms with Crippen LogP contribution in [0.25, 0.3) is 0 Å². The molecule has 1 aromatic rings. The highest BCUT2D eigenvalue weighted by atomic mass is 16.5. The SMILES string of the molecule is COc1cccc(C(CN)C2CCCCO2)c1. The summed E-state index contributed by atoms with van der Waals surface area (Å²) in [6.45, 7) is 1.49. The molecule has 1 aliphatic heterocycles. The van der Waals surface area contributed by atoms with Gasteiger partial charge in [0.1, 0.15) is 5.75 Å². The van der Waals surface area contributed by atoms with Gasteiger partial charge in [0.25, 0.3) is 0 Å². The zero-order valence-corrected chi connectivity index (χ0v) is 10.4. The van der Waals surface area contributed by atoms with Crippen LogP contribution in [0.3, 0.4) is 0 Å². The average Bonchev–Trinajstić information content (AvgIpc) is 2.41. The minimum Gasteiger partial charge on any atom is -0.497 e. The smallest absolute Gasteiger partial charge is 0.119 e. The molecule has 17 heavy (non-hydrogen) atoms. The van der Waals surface area contributed by atoms with E-state index in [4.69, 9.17) is 15.2 Å². The third-order valence-corrected chi connectivity index (χ3v) is 3.44. The van der Waals surface area contributed by atoms with Crippen LogP contribution in [0.4, 0.5) is 0 Å². The van der Waals surface area contributed by atoms with Gasteiger partial charge in [0.05, 0.1) is 13.2 Å². The Morgan fingerprint density at radius 3 is 3.00 bits per heavy atom. The quantitative estimate of drug-likeness (QED) is 0.871. The second-order valence-corrected chi connectivity index (χ2v) is 4.52. The Bertz CT molecular complexity index is 348. The molecular weight excluding hydrogens is 214 g/mol. The van der Waals surface area contributed by atoms with Crippen LogP contribution in [0.15, 0.2) is 24.3 Å². The Morgan fingerprint density at radius 2 is 2.35 bits per heavy atom. The molecule has 2 N–H and O–H groups in total. The highest BCUT2D eigenvalue weighted by Gasteiger charge is 2.25. The summed E-state index contributed by atoms with van der Waals surface area (Å²) in [6, 6.07) is 8.14. The van der Waals surface area contributed by atoms with E-state index in [1.54, 1.807) is 7.11 Å². The number of ether oxygens (including phenoxy) is 2. The van der Waals surface area contributed by atoms with Crippen LogP contribution in [-0.4, -0.2) is 26.4 Å². The van der Waals surface area contributed by atoms with Crippen molar-refractivity contribution < 1.29 is 9.47 Å². The molecule has 0 aliphatic carbocycles. The highest BCUT2D eigenvalue weighted by Crippen LogP contribution is 2.29. The lowest BCUT2D eigenvalue weighted by Gasteiger charge is -2.30. The van der Waals surface area contributed by atoms with Crippen LogP contribution in [0.2, 0.25) is 0 Å². The summed E-state index contributed by atoms with van der Waals surface area (Å²) in [5, 5.41) is 0. The molecule has 2 rings (SSSR count). The van der Waals surface area contributed by atoms with E-state index in [0.29, 0.717) is 6.54 Å². The maximum absolute atomic E-state index is 5.91. The van der Waals surface area contributed by atoms with Gasteiger partial charge in [0.2, 0.25) is 0 Å². The number of hydrogen-bond donors (Lipinski definition) is 1. The lowest BCUT2D eigenvalue weighted by molar-refractivity contribution is 0.000556. The number of hydrogen-bond acceptors (Lipinski definition) is 3. The first-order valence-corrected chi connectivity index (χ1v) is 6.30. The molecule has 1 saturated heterocycles. The largest absolute Gasteiger partial charge is 0.497 e. The standard InChI is InChI=1S/C14H21NO2/c1-16-12-6-4-5-11(9-12)13(10-15)14-7-2-3-8-17-14/h4-6,9,13-14H,2-3,7-8,10,15H2,1H3. The van der Waals surface area contributed by atoms with Gasteiger partial charge in [-0.15, -0.1) is 0 Å². The van der Waals surface area contributed by atoms with Crippen molar-refractivity contribution in [3.63, 3.8) is 0 Å². The summed E-state index contributed by atoms with van der Waals surface area (Å²) < 4.78 is 11.1. The Labute approximate surface area is 103 Å². The predicted octanol–water partition coefficient (Wildman–Crippen LogP) is 2.31. The molecule has 2 atom stereocenters. The molecule has 0 bridgehead atoms. The summed E-state index contributed by atoms with van der Waals surface area (Å²) in [5.41, 5.74) is 7.13. The Morgan fingerprint density at radius 1 is 1.47 bits per heavy atom. The Hall–Kier alpha value is -1.06. The van der Waals surface area contributed by atoms with Gasteiger partial charge in [0.15, 0.2) is 0 Å². The third kappa shape index (κ3) is 2.99. The maximum atomic E-state index is 5.91. The topological polar surface area (TPSA) is 44.5 Å². The van der Waals surface area contributed by atoms with E-state index in [-0.39, 0.29) is 12.0 Å². The first kappa shape index (κ1) is 12.4. The summed E-state index contributed by atoms with van der Waals surface area (Å²) in [5.74, 6) is 1.17. The normalized spacial score (nSPS) is 22.1. The van der Waals surface area contributed by atoms with Crippen LogP contribution in [-0.2, 0) is 4.74 Å². The fraction of sp³-hybridized carbons (Fsp3) is 0.571. The number of rotatable bonds is 4. The molecule has 1 aliphatic rings. The van der Waals surface area contributed by atoms with Gasteiger partial charge in [-0.1, -0.05) is 12.1 Å². The lowest BCUT2D eigenvalue weighted by atomic mass is 9.89. The van der Waals surface area contributed by atoms with E-state index >= 15 is 0 Å². The van der Waals surface area contributed by atoms with E-state index in [9.17, 15) is 0 Å². The molecule has 0 amide bonds. The van der Waals surface area contributed by atoms with Gasteiger partial charge in [0, 0.05) is 19.1 Å². The summed E-state index contributed by atoms with van der Waals surface area (Å²) in [7, 11) is 1.69. The third-order valence-electron chi connectivity index (χ3n) is 3.44. The van der Waals surface area contributed by atoms with E-state index in [2.05, 4.69) is 12.1 Å². The molecule has 0 radical (unpaired) electrons. The molecule has 0 spiro atoms. The van der Waals surface area contributed by atoms with Gasteiger partial charge < -0.3 is 15.2 Å². The molecule has 1 fully saturated rings. The van der Waals surface area contributed by atoms with Crippen molar-refractivity contribution in [3.05, 3.63) is 29.8 Å². The van der Waals surface area contributed by atoms with Crippen molar-refractivity contribution in [2.45, 2.75) is 31.3 Å². The van der Waals surface area contributed by atoms with E-state index < -0.39 is 0 Å². The van der Waals surface area contributed by atoms with Crippen molar-refractivity contribution in [1.29, 1.82) is 0 Å².